The van der Waals surface area contributed by atoms with Gasteiger partial charge in [0, 0.05) is 31.5 Å². The minimum atomic E-state index is -0.556. The summed E-state index contributed by atoms with van der Waals surface area (Å²) in [7, 11) is 0. The van der Waals surface area contributed by atoms with Gasteiger partial charge in [-0.2, -0.15) is 0 Å². The van der Waals surface area contributed by atoms with Crippen LogP contribution in [0, 0.1) is 12.8 Å². The molecule has 1 aromatic carbocycles. The SMILES string of the molecule is CCCn1c(=O)c2c(C)c(C(=O)C3=C(O)CCCC3=O)ccc2n(CC2CCC2)c1=O. The number of Topliss-reactive ketones (excluding diaryl/α,β-unsaturated/α-hetero) is 2. The number of hydrogen-bond acceptors (Lipinski definition) is 5. The van der Waals surface area contributed by atoms with E-state index < -0.39 is 11.3 Å². The first-order chi connectivity index (χ1) is 14.8. The van der Waals surface area contributed by atoms with Gasteiger partial charge in [0.25, 0.3) is 5.56 Å². The quantitative estimate of drug-likeness (QED) is 0.566. The summed E-state index contributed by atoms with van der Waals surface area (Å²) in [6.07, 6.45) is 4.95. The van der Waals surface area contributed by atoms with Crippen molar-refractivity contribution in [2.75, 3.05) is 0 Å². The molecule has 0 unspecified atom stereocenters. The van der Waals surface area contributed by atoms with E-state index in [1.54, 1.807) is 23.6 Å². The van der Waals surface area contributed by atoms with Crippen LogP contribution in [-0.4, -0.2) is 25.8 Å². The maximum Gasteiger partial charge on any atom is 0.331 e. The molecule has 0 radical (unpaired) electrons. The highest BCUT2D eigenvalue weighted by Crippen LogP contribution is 2.30. The van der Waals surface area contributed by atoms with Crippen molar-refractivity contribution in [2.24, 2.45) is 5.92 Å². The topological polar surface area (TPSA) is 98.4 Å². The standard InChI is InChI=1S/C24H28N2O5/c1-3-12-25-23(30)20-14(2)16(22(29)21-18(27)8-5-9-19(21)28)10-11-17(20)26(24(25)31)13-15-6-4-7-15/h10-11,15,27H,3-9,12-13H2,1-2H3. The van der Waals surface area contributed by atoms with Crippen molar-refractivity contribution in [3.63, 3.8) is 0 Å². The molecule has 0 bridgehead atoms. The van der Waals surface area contributed by atoms with Crippen LogP contribution in [0.3, 0.4) is 0 Å². The number of ketones is 2. The minimum Gasteiger partial charge on any atom is -0.511 e. The zero-order chi connectivity index (χ0) is 22.3. The van der Waals surface area contributed by atoms with Crippen molar-refractivity contribution in [3.8, 4) is 0 Å². The number of aromatic nitrogens is 2. The number of aliphatic hydroxyl groups excluding tert-OH is 1. The first kappa shape index (κ1) is 21.3. The number of rotatable bonds is 6. The molecule has 1 N–H and O–H groups in total. The van der Waals surface area contributed by atoms with Crippen LogP contribution in [-0.2, 0) is 17.9 Å². The smallest absolute Gasteiger partial charge is 0.331 e. The molecule has 0 saturated heterocycles. The van der Waals surface area contributed by atoms with Gasteiger partial charge in [-0.05, 0) is 56.2 Å². The van der Waals surface area contributed by atoms with Crippen LogP contribution < -0.4 is 11.2 Å². The Labute approximate surface area is 180 Å². The number of allylic oxidation sites excluding steroid dienone is 2. The van der Waals surface area contributed by atoms with Gasteiger partial charge in [-0.25, -0.2) is 4.79 Å². The molecule has 7 nitrogen and oxygen atoms in total. The van der Waals surface area contributed by atoms with Crippen molar-refractivity contribution in [2.45, 2.75) is 71.9 Å². The fraction of sp³-hybridized carbons (Fsp3) is 0.500. The van der Waals surface area contributed by atoms with Gasteiger partial charge in [-0.3, -0.25) is 23.5 Å². The van der Waals surface area contributed by atoms with Crippen LogP contribution in [0.25, 0.3) is 10.9 Å². The average molecular weight is 424 g/mol. The molecule has 2 aliphatic rings. The lowest BCUT2D eigenvalue weighted by molar-refractivity contribution is -0.116. The molecule has 1 heterocycles. The molecular weight excluding hydrogens is 396 g/mol. The Bertz CT molecular complexity index is 1230. The predicted octanol–water partition coefficient (Wildman–Crippen LogP) is 3.43. The third kappa shape index (κ3) is 3.56. The summed E-state index contributed by atoms with van der Waals surface area (Å²) in [4.78, 5) is 51.9. The Morgan fingerprint density at radius 1 is 1.10 bits per heavy atom. The van der Waals surface area contributed by atoms with Crippen LogP contribution >= 0.6 is 0 Å². The second kappa shape index (κ2) is 8.29. The van der Waals surface area contributed by atoms with E-state index in [-0.39, 0.29) is 34.8 Å². The van der Waals surface area contributed by atoms with E-state index >= 15 is 0 Å². The van der Waals surface area contributed by atoms with Crippen molar-refractivity contribution < 1.29 is 14.7 Å². The maximum absolute atomic E-state index is 13.3. The number of benzene rings is 1. The molecule has 31 heavy (non-hydrogen) atoms. The van der Waals surface area contributed by atoms with Gasteiger partial charge in [0.2, 0.25) is 0 Å². The van der Waals surface area contributed by atoms with Gasteiger partial charge in [0.15, 0.2) is 11.6 Å². The van der Waals surface area contributed by atoms with Gasteiger partial charge in [0.1, 0.15) is 11.3 Å². The third-order valence-electron chi connectivity index (χ3n) is 6.62. The lowest BCUT2D eigenvalue weighted by atomic mass is 9.85. The molecule has 0 atom stereocenters. The number of carbonyl (C=O) groups is 2. The molecule has 0 amide bonds. The van der Waals surface area contributed by atoms with E-state index in [0.717, 1.165) is 19.3 Å². The molecule has 1 aromatic heterocycles. The van der Waals surface area contributed by atoms with Gasteiger partial charge >= 0.3 is 5.69 Å². The summed E-state index contributed by atoms with van der Waals surface area (Å²) in [6, 6.07) is 3.21. The van der Waals surface area contributed by atoms with Crippen LogP contribution in [0.1, 0.15) is 67.8 Å². The fourth-order valence-corrected chi connectivity index (χ4v) is 4.66. The molecule has 1 saturated carbocycles. The second-order valence-electron chi connectivity index (χ2n) is 8.71. The molecule has 2 aliphatic carbocycles. The van der Waals surface area contributed by atoms with Crippen LogP contribution in [0.4, 0.5) is 0 Å². The number of aliphatic hydroxyl groups is 1. The number of hydrogen-bond donors (Lipinski definition) is 1. The van der Waals surface area contributed by atoms with Crippen molar-refractivity contribution in [3.05, 3.63) is 55.4 Å². The van der Waals surface area contributed by atoms with Crippen molar-refractivity contribution in [1.82, 2.24) is 9.13 Å². The van der Waals surface area contributed by atoms with E-state index in [1.165, 1.54) is 4.57 Å². The first-order valence-corrected chi connectivity index (χ1v) is 11.1. The largest absolute Gasteiger partial charge is 0.511 e. The first-order valence-electron chi connectivity index (χ1n) is 11.1. The van der Waals surface area contributed by atoms with E-state index in [1.807, 2.05) is 6.92 Å². The molecule has 4 rings (SSSR count). The van der Waals surface area contributed by atoms with E-state index in [2.05, 4.69) is 0 Å². The molecule has 7 heteroatoms. The Balaban J connectivity index is 1.94. The predicted molar refractivity (Wildman–Crippen MR) is 118 cm³/mol. The second-order valence-corrected chi connectivity index (χ2v) is 8.71. The van der Waals surface area contributed by atoms with E-state index in [9.17, 15) is 24.3 Å². The maximum atomic E-state index is 13.3. The fourth-order valence-electron chi connectivity index (χ4n) is 4.66. The Kier molecular flexibility index (Phi) is 5.69. The number of nitrogens with zero attached hydrogens (tertiary/aromatic N) is 2. The normalized spacial score (nSPS) is 17.3. The van der Waals surface area contributed by atoms with Gasteiger partial charge in [0.05, 0.1) is 10.9 Å². The van der Waals surface area contributed by atoms with E-state index in [0.29, 0.717) is 54.7 Å². The summed E-state index contributed by atoms with van der Waals surface area (Å²) in [5, 5.41) is 10.5. The Hall–Kier alpha value is -2.96. The van der Waals surface area contributed by atoms with Crippen molar-refractivity contribution >= 4 is 22.5 Å². The lowest BCUT2D eigenvalue weighted by Crippen LogP contribution is -2.42. The molecule has 0 spiro atoms. The number of carbonyl (C=O) groups excluding carboxylic acids is 2. The molecule has 164 valence electrons. The monoisotopic (exact) mass is 424 g/mol. The van der Waals surface area contributed by atoms with Gasteiger partial charge in [-0.1, -0.05) is 13.3 Å². The third-order valence-corrected chi connectivity index (χ3v) is 6.62. The van der Waals surface area contributed by atoms with Gasteiger partial charge < -0.3 is 5.11 Å². The molecule has 1 fully saturated rings. The summed E-state index contributed by atoms with van der Waals surface area (Å²) in [5.41, 5.74) is 0.290. The molecule has 0 aliphatic heterocycles. The number of aryl methyl sites for hydroxylation is 1. The van der Waals surface area contributed by atoms with E-state index in [4.69, 9.17) is 0 Å². The average Bonchev–Trinajstić information content (AvgIpc) is 2.69. The van der Waals surface area contributed by atoms with Gasteiger partial charge in [-0.15, -0.1) is 0 Å². The molecular formula is C24H28N2O5. The highest BCUT2D eigenvalue weighted by Gasteiger charge is 2.29. The van der Waals surface area contributed by atoms with Crippen molar-refractivity contribution in [1.29, 1.82) is 0 Å². The minimum absolute atomic E-state index is 0.176. The summed E-state index contributed by atoms with van der Waals surface area (Å²) in [6.45, 7) is 4.44. The zero-order valence-corrected chi connectivity index (χ0v) is 18.1. The zero-order valence-electron chi connectivity index (χ0n) is 18.1. The highest BCUT2D eigenvalue weighted by molar-refractivity contribution is 6.27. The summed E-state index contributed by atoms with van der Waals surface area (Å²) in [5.74, 6) is -0.692. The highest BCUT2D eigenvalue weighted by atomic mass is 16.3. The Morgan fingerprint density at radius 2 is 1.84 bits per heavy atom. The van der Waals surface area contributed by atoms with Crippen LogP contribution in [0.5, 0.6) is 0 Å². The number of fused-ring (bicyclic) bond motifs is 1. The lowest BCUT2D eigenvalue weighted by Gasteiger charge is -2.27. The molecule has 2 aromatic rings. The summed E-state index contributed by atoms with van der Waals surface area (Å²) >= 11 is 0. The summed E-state index contributed by atoms with van der Waals surface area (Å²) < 4.78 is 2.92. The Morgan fingerprint density at radius 3 is 2.45 bits per heavy atom. The van der Waals surface area contributed by atoms with Crippen LogP contribution in [0.2, 0.25) is 0 Å². The van der Waals surface area contributed by atoms with Crippen LogP contribution in [0.15, 0.2) is 33.1 Å².